The average molecular weight is 875 g/mol. The van der Waals surface area contributed by atoms with Crippen LogP contribution in [0.3, 0.4) is 0 Å². The van der Waals surface area contributed by atoms with Crippen molar-refractivity contribution in [1.82, 2.24) is 0 Å². The van der Waals surface area contributed by atoms with Crippen molar-refractivity contribution in [2.75, 3.05) is 13.2 Å². The molecule has 62 heavy (non-hydrogen) atoms. The number of hydrogen-bond donors (Lipinski definition) is 3. The van der Waals surface area contributed by atoms with Crippen LogP contribution in [0.2, 0.25) is 0 Å². The van der Waals surface area contributed by atoms with Crippen LogP contribution in [0.4, 0.5) is 0 Å². The molecular formula is C48H74O14. The summed E-state index contributed by atoms with van der Waals surface area (Å²) < 4.78 is 42.2. The van der Waals surface area contributed by atoms with Gasteiger partial charge in [-0.3, -0.25) is 19.2 Å². The smallest absolute Gasteiger partial charge is 0.303 e. The minimum atomic E-state index is -1.54. The van der Waals surface area contributed by atoms with Crippen molar-refractivity contribution in [1.29, 1.82) is 0 Å². The molecule has 0 amide bonds. The van der Waals surface area contributed by atoms with Gasteiger partial charge < -0.3 is 48.5 Å². The monoisotopic (exact) mass is 875 g/mol. The number of ketones is 1. The molecule has 3 N–H and O–H groups in total. The first-order valence-electron chi connectivity index (χ1n) is 23.2. The number of hydrogen-bond acceptors (Lipinski definition) is 14. The molecule has 0 bridgehead atoms. The Kier molecular flexibility index (Phi) is 13.1. The number of fused-ring (bicyclic) bond motifs is 7. The third kappa shape index (κ3) is 7.60. The van der Waals surface area contributed by atoms with E-state index < -0.39 is 84.7 Å². The minimum absolute atomic E-state index is 0.00118. The predicted octanol–water partition coefficient (Wildman–Crippen LogP) is 5.59. The van der Waals surface area contributed by atoms with E-state index in [1.54, 1.807) is 6.92 Å². The molecule has 0 aromatic rings. The Morgan fingerprint density at radius 3 is 2.00 bits per heavy atom. The summed E-state index contributed by atoms with van der Waals surface area (Å²) in [6.45, 7) is 23.2. The number of aliphatic hydroxyl groups is 3. The Morgan fingerprint density at radius 2 is 1.37 bits per heavy atom. The van der Waals surface area contributed by atoms with Gasteiger partial charge in [0.2, 0.25) is 0 Å². The molecule has 0 aromatic carbocycles. The lowest BCUT2D eigenvalue weighted by Crippen LogP contribution is -2.68. The highest BCUT2D eigenvalue weighted by atomic mass is 16.8. The molecule has 0 spiro atoms. The van der Waals surface area contributed by atoms with Crippen LogP contribution in [0.25, 0.3) is 0 Å². The zero-order valence-electron chi connectivity index (χ0n) is 38.7. The van der Waals surface area contributed by atoms with Gasteiger partial charge in [-0.15, -0.1) is 0 Å². The van der Waals surface area contributed by atoms with Gasteiger partial charge in [-0.25, -0.2) is 0 Å². The van der Waals surface area contributed by atoms with Crippen LogP contribution >= 0.6 is 0 Å². The average Bonchev–Trinajstić information content (AvgIpc) is 3.60. The number of ether oxygens (including phenoxy) is 7. The summed E-state index contributed by atoms with van der Waals surface area (Å²) in [6, 6.07) is 0. The molecule has 14 heteroatoms. The first-order valence-corrected chi connectivity index (χ1v) is 23.2. The van der Waals surface area contributed by atoms with Gasteiger partial charge in [0.05, 0.1) is 25.4 Å². The van der Waals surface area contributed by atoms with Crippen molar-refractivity contribution in [2.24, 2.45) is 56.7 Å². The van der Waals surface area contributed by atoms with Gasteiger partial charge in [0.15, 0.2) is 24.8 Å². The fraction of sp³-hybridized carbons (Fsp3) is 0.875. The maximum atomic E-state index is 13.6. The summed E-state index contributed by atoms with van der Waals surface area (Å²) in [5.74, 6) is -0.00719. The second kappa shape index (κ2) is 17.1. The maximum absolute atomic E-state index is 13.6. The molecule has 7 rings (SSSR count). The Hall–Kier alpha value is -2.46. The minimum Gasteiger partial charge on any atom is -0.465 e. The van der Waals surface area contributed by atoms with Crippen LogP contribution in [-0.2, 0) is 52.3 Å². The fourth-order valence-corrected chi connectivity index (χ4v) is 15.3. The zero-order chi connectivity index (χ0) is 45.5. The van der Waals surface area contributed by atoms with Crippen LogP contribution in [0.5, 0.6) is 0 Å². The molecule has 4 unspecified atom stereocenters. The SMILES string of the molecule is C=C(C)[C@@H]1CC[C@]2(C(C)=O)CC[C@]3(C)C(CCC4[C@@]5(C)CC[C@H](O[C@@H]6OC[C@H](O)[C@H](O)[C@H]6O[C@@H]6O[C@@H](C)[C@H](O)[C@@H](OC(C)=O)[C@H]6OC(C)=O)[C@@](C)(COC(C)=O)C5CC[C@]43C)C12. The van der Waals surface area contributed by atoms with Gasteiger partial charge in [0.1, 0.15) is 30.2 Å². The molecule has 14 nitrogen and oxygen atoms in total. The van der Waals surface area contributed by atoms with E-state index in [1.807, 2.05) is 6.92 Å². The Balaban J connectivity index is 1.18. The third-order valence-electron chi connectivity index (χ3n) is 18.5. The predicted molar refractivity (Wildman–Crippen MR) is 224 cm³/mol. The molecule has 2 aliphatic heterocycles. The van der Waals surface area contributed by atoms with Crippen molar-refractivity contribution in [3.63, 3.8) is 0 Å². The third-order valence-corrected chi connectivity index (χ3v) is 18.5. The standard InChI is InChI=1S/C48H74O14/c1-24(2)30-14-19-48(26(4)49)21-20-46(10)31(36(30)48)12-13-34-44(8)17-16-35(45(9,23-57-27(5)50)33(44)15-18-47(34,46)11)61-42-40(38(55)32(53)22-56-42)62-43-41(60-29(7)52)39(59-28(6)51)37(54)25(3)58-43/h25,30-43,53-55H,1,12-23H2,2-11H3/t25-,30-,31?,32-,33?,34?,35-,36?,37-,38-,39+,40+,41+,42-,43-,44-,45-,46+,47+,48+/m0/s1. The highest BCUT2D eigenvalue weighted by molar-refractivity contribution is 5.83. The molecule has 7 aliphatic rings. The van der Waals surface area contributed by atoms with Crippen molar-refractivity contribution >= 4 is 23.7 Å². The van der Waals surface area contributed by atoms with Crippen molar-refractivity contribution in [3.05, 3.63) is 12.2 Å². The number of aliphatic hydroxyl groups excluding tert-OH is 3. The number of rotatable bonds is 10. The lowest BCUT2D eigenvalue weighted by Gasteiger charge is -2.73. The molecule has 20 atom stereocenters. The van der Waals surface area contributed by atoms with E-state index in [2.05, 4.69) is 41.2 Å². The lowest BCUT2D eigenvalue weighted by atomic mass is 9.32. The van der Waals surface area contributed by atoms with Crippen molar-refractivity contribution in [3.8, 4) is 0 Å². The van der Waals surface area contributed by atoms with E-state index in [9.17, 15) is 34.5 Å². The van der Waals surface area contributed by atoms with Crippen LogP contribution in [0.1, 0.15) is 133 Å². The van der Waals surface area contributed by atoms with E-state index in [-0.39, 0.29) is 40.8 Å². The summed E-state index contributed by atoms with van der Waals surface area (Å²) >= 11 is 0. The topological polar surface area (TPSA) is 194 Å². The van der Waals surface area contributed by atoms with Crippen molar-refractivity contribution < 1.29 is 67.7 Å². The van der Waals surface area contributed by atoms with Crippen LogP contribution in [-0.4, -0.2) is 114 Å². The number of esters is 3. The van der Waals surface area contributed by atoms with E-state index in [0.29, 0.717) is 35.9 Å². The van der Waals surface area contributed by atoms with E-state index in [1.165, 1.54) is 12.5 Å². The Labute approximate surface area is 367 Å². The van der Waals surface area contributed by atoms with Gasteiger partial charge >= 0.3 is 17.9 Å². The molecular weight excluding hydrogens is 801 g/mol. The van der Waals surface area contributed by atoms with E-state index in [4.69, 9.17) is 33.2 Å². The van der Waals surface area contributed by atoms with Gasteiger partial charge in [0.25, 0.3) is 0 Å². The Morgan fingerprint density at radius 1 is 0.694 bits per heavy atom. The molecule has 7 fully saturated rings. The zero-order valence-corrected chi connectivity index (χ0v) is 38.7. The first kappa shape index (κ1) is 47.5. The van der Waals surface area contributed by atoms with Gasteiger partial charge in [-0.05, 0) is 131 Å². The second-order valence-electron chi connectivity index (χ2n) is 21.6. The summed E-state index contributed by atoms with van der Waals surface area (Å²) in [5, 5.41) is 33.3. The largest absolute Gasteiger partial charge is 0.465 e. The van der Waals surface area contributed by atoms with E-state index in [0.717, 1.165) is 71.6 Å². The fourth-order valence-electron chi connectivity index (χ4n) is 15.3. The molecule has 350 valence electrons. The van der Waals surface area contributed by atoms with Gasteiger partial charge in [-0.2, -0.15) is 0 Å². The molecule has 5 aliphatic carbocycles. The maximum Gasteiger partial charge on any atom is 0.303 e. The lowest BCUT2D eigenvalue weighted by molar-refractivity contribution is -0.366. The molecule has 2 saturated heterocycles. The summed E-state index contributed by atoms with van der Waals surface area (Å²) in [4.78, 5) is 50.6. The number of allylic oxidation sites excluding steroid dienone is 1. The highest BCUT2D eigenvalue weighted by Gasteiger charge is 2.72. The molecule has 2 heterocycles. The van der Waals surface area contributed by atoms with E-state index >= 15 is 0 Å². The highest BCUT2D eigenvalue weighted by Crippen LogP contribution is 2.77. The quantitative estimate of drug-likeness (QED) is 0.106. The summed E-state index contributed by atoms with van der Waals surface area (Å²) in [7, 11) is 0. The summed E-state index contributed by atoms with van der Waals surface area (Å²) in [5.41, 5.74) is 0.105. The van der Waals surface area contributed by atoms with Gasteiger partial charge in [-0.1, -0.05) is 39.8 Å². The number of Topliss-reactive ketones (excluding diaryl/α,β-unsaturated/α-hetero) is 1. The first-order chi connectivity index (χ1) is 28.9. The van der Waals surface area contributed by atoms with Crippen LogP contribution < -0.4 is 0 Å². The van der Waals surface area contributed by atoms with Crippen LogP contribution in [0, 0.1) is 56.7 Å². The molecule has 0 aromatic heterocycles. The molecule has 5 saturated carbocycles. The molecule has 0 radical (unpaired) electrons. The Bertz CT molecular complexity index is 1750. The van der Waals surface area contributed by atoms with Crippen LogP contribution in [0.15, 0.2) is 12.2 Å². The number of carbonyl (C=O) groups is 4. The summed E-state index contributed by atoms with van der Waals surface area (Å²) in [6.07, 6.45) is -3.34. The number of carbonyl (C=O) groups excluding carboxylic acids is 4. The normalized spacial score (nSPS) is 49.9. The van der Waals surface area contributed by atoms with Gasteiger partial charge in [0, 0.05) is 31.6 Å². The second-order valence-corrected chi connectivity index (χ2v) is 21.6. The van der Waals surface area contributed by atoms with Crippen molar-refractivity contribution in [2.45, 2.75) is 195 Å².